The van der Waals surface area contributed by atoms with Crippen molar-refractivity contribution in [2.45, 2.75) is 69.8 Å². The molecule has 0 aliphatic carbocycles. The third-order valence-corrected chi connectivity index (χ3v) is 16.5. The van der Waals surface area contributed by atoms with Crippen LogP contribution < -0.4 is 10.1 Å². The first kappa shape index (κ1) is 25.3. The second-order valence-electron chi connectivity index (χ2n) is 9.09. The number of rotatable bonds is 6. The van der Waals surface area contributed by atoms with E-state index in [0.29, 0.717) is 5.69 Å². The highest BCUT2D eigenvalue weighted by Gasteiger charge is 2.38. The van der Waals surface area contributed by atoms with Gasteiger partial charge in [0.15, 0.2) is 9.04 Å². The van der Waals surface area contributed by atoms with Crippen LogP contribution in [0.3, 0.4) is 0 Å². The molecule has 0 saturated carbocycles. The van der Waals surface area contributed by atoms with Crippen molar-refractivity contribution in [3.8, 4) is 0 Å². The molecule has 30 heavy (non-hydrogen) atoms. The SMILES string of the molecule is CN(C(=O)CC(F)(F)F)c1cccc([Si](C)(C)CC[Si]2(C)OCCCC[SiH](C)O2)c1. The third kappa shape index (κ3) is 7.63. The van der Waals surface area contributed by atoms with E-state index < -0.39 is 44.2 Å². The summed E-state index contributed by atoms with van der Waals surface area (Å²) in [6, 6.07) is 10.5. The summed E-state index contributed by atoms with van der Waals surface area (Å²) in [6.45, 7) is 9.70. The number of anilines is 1. The van der Waals surface area contributed by atoms with Crippen LogP contribution in [0.1, 0.15) is 19.3 Å². The molecule has 1 aromatic rings. The number of benzene rings is 1. The Labute approximate surface area is 181 Å². The van der Waals surface area contributed by atoms with E-state index in [9.17, 15) is 18.0 Å². The Kier molecular flexibility index (Phi) is 8.53. The average molecular weight is 478 g/mol. The normalized spacial score (nSPS) is 23.5. The molecule has 1 fully saturated rings. The van der Waals surface area contributed by atoms with Crippen LogP contribution in [-0.2, 0) is 13.3 Å². The minimum Gasteiger partial charge on any atom is -0.439 e. The maximum absolute atomic E-state index is 12.6. The van der Waals surface area contributed by atoms with Gasteiger partial charge < -0.3 is 13.4 Å². The lowest BCUT2D eigenvalue weighted by atomic mass is 10.2. The van der Waals surface area contributed by atoms with Gasteiger partial charge in [0, 0.05) is 19.3 Å². The van der Waals surface area contributed by atoms with Crippen LogP contribution >= 0.6 is 0 Å². The van der Waals surface area contributed by atoms with Crippen LogP contribution in [0.4, 0.5) is 18.9 Å². The quantitative estimate of drug-likeness (QED) is 0.554. The van der Waals surface area contributed by atoms with E-state index in [4.69, 9.17) is 8.54 Å². The largest absolute Gasteiger partial charge is 0.439 e. The summed E-state index contributed by atoms with van der Waals surface area (Å²) in [5, 5.41) is 1.13. The molecule has 1 heterocycles. The second-order valence-corrected chi connectivity index (χ2v) is 20.1. The van der Waals surface area contributed by atoms with Crippen LogP contribution in [0.2, 0.25) is 44.3 Å². The molecule has 2 atom stereocenters. The second kappa shape index (κ2) is 10.1. The summed E-state index contributed by atoms with van der Waals surface area (Å²) in [5.74, 6) is -0.950. The molecule has 1 saturated heterocycles. The molecular weight excluding hydrogens is 443 g/mol. The number of hydrogen-bond donors (Lipinski definition) is 0. The lowest BCUT2D eigenvalue weighted by Gasteiger charge is -2.35. The van der Waals surface area contributed by atoms with Gasteiger partial charge in [0.2, 0.25) is 5.91 Å². The molecular formula is C20H34F3NO3Si3. The van der Waals surface area contributed by atoms with Crippen LogP contribution in [0.25, 0.3) is 0 Å². The van der Waals surface area contributed by atoms with Crippen molar-refractivity contribution in [3.05, 3.63) is 24.3 Å². The molecule has 170 valence electrons. The van der Waals surface area contributed by atoms with Gasteiger partial charge in [-0.3, -0.25) is 4.79 Å². The van der Waals surface area contributed by atoms with Gasteiger partial charge in [-0.25, -0.2) is 0 Å². The zero-order valence-electron chi connectivity index (χ0n) is 18.6. The lowest BCUT2D eigenvalue weighted by molar-refractivity contribution is -0.151. The van der Waals surface area contributed by atoms with Crippen molar-refractivity contribution in [1.29, 1.82) is 0 Å². The van der Waals surface area contributed by atoms with Crippen LogP contribution in [0.15, 0.2) is 24.3 Å². The number of carbonyl (C=O) groups is 1. The van der Waals surface area contributed by atoms with Gasteiger partial charge in [-0.05, 0) is 43.7 Å². The van der Waals surface area contributed by atoms with Crippen molar-refractivity contribution in [3.63, 3.8) is 0 Å². The molecule has 10 heteroatoms. The Bertz CT molecular complexity index is 733. The lowest BCUT2D eigenvalue weighted by Crippen LogP contribution is -2.48. The minimum absolute atomic E-state index is 0.505. The van der Waals surface area contributed by atoms with Gasteiger partial charge in [-0.1, -0.05) is 42.9 Å². The molecule has 4 nitrogen and oxygen atoms in total. The molecule has 1 aliphatic rings. The number of halogens is 3. The Balaban J connectivity index is 2.10. The third-order valence-electron chi connectivity index (χ3n) is 5.81. The van der Waals surface area contributed by atoms with Gasteiger partial charge in [-0.2, -0.15) is 13.2 Å². The predicted molar refractivity (Wildman–Crippen MR) is 123 cm³/mol. The maximum Gasteiger partial charge on any atom is 0.397 e. The highest BCUT2D eigenvalue weighted by atomic mass is 28.4. The Hall–Kier alpha value is -0.949. The van der Waals surface area contributed by atoms with Crippen LogP contribution in [0, 0.1) is 0 Å². The first-order chi connectivity index (χ1) is 13.8. The van der Waals surface area contributed by atoms with E-state index in [-0.39, 0.29) is 0 Å². The van der Waals surface area contributed by atoms with Gasteiger partial charge in [0.25, 0.3) is 0 Å². The smallest absolute Gasteiger partial charge is 0.397 e. The number of carbonyl (C=O) groups excluding carboxylic acids is 1. The zero-order valence-corrected chi connectivity index (χ0v) is 21.8. The highest BCUT2D eigenvalue weighted by molar-refractivity contribution is 6.91. The molecule has 0 radical (unpaired) electrons. The molecule has 0 N–H and O–H groups in total. The van der Waals surface area contributed by atoms with Crippen molar-refractivity contribution < 1.29 is 26.5 Å². The Morgan fingerprint density at radius 1 is 1.30 bits per heavy atom. The number of hydrogen-bond acceptors (Lipinski definition) is 3. The van der Waals surface area contributed by atoms with Gasteiger partial charge in [0.1, 0.15) is 6.42 Å². The zero-order chi connectivity index (χ0) is 22.6. The number of amides is 1. The fraction of sp³-hybridized carbons (Fsp3) is 0.650. The molecule has 2 rings (SSSR count). The standard InChI is InChI=1S/C20H34F3NO3Si3/c1-24(19(25)16-20(21,22)23)17-9-8-10-18(15-17)29(3,4)13-14-30(5)26-11-6-7-12-28(2)27-30/h8-10,15,28H,6-7,11-14,16H2,1-5H3. The Morgan fingerprint density at radius 2 is 2.00 bits per heavy atom. The monoisotopic (exact) mass is 477 g/mol. The van der Waals surface area contributed by atoms with E-state index in [0.717, 1.165) is 35.2 Å². The number of alkyl halides is 3. The molecule has 0 bridgehead atoms. The molecule has 2 unspecified atom stereocenters. The predicted octanol–water partition coefficient (Wildman–Crippen LogP) is 4.77. The highest BCUT2D eigenvalue weighted by Crippen LogP contribution is 2.27. The first-order valence-corrected chi connectivity index (χ1v) is 18.7. The summed E-state index contributed by atoms with van der Waals surface area (Å²) in [5.41, 5.74) is 0.505. The average Bonchev–Trinajstić information content (AvgIpc) is 2.63. The number of nitrogens with zero attached hydrogens (tertiary/aromatic N) is 1. The van der Waals surface area contributed by atoms with E-state index in [2.05, 4.69) is 26.2 Å². The van der Waals surface area contributed by atoms with E-state index in [1.807, 2.05) is 18.2 Å². The molecule has 1 aliphatic heterocycles. The van der Waals surface area contributed by atoms with Gasteiger partial charge in [0.05, 0.1) is 8.07 Å². The fourth-order valence-electron chi connectivity index (χ4n) is 3.72. The van der Waals surface area contributed by atoms with E-state index in [1.54, 1.807) is 6.07 Å². The molecule has 1 aromatic carbocycles. The molecule has 0 aromatic heterocycles. The van der Waals surface area contributed by atoms with Crippen LogP contribution in [0.5, 0.6) is 0 Å². The van der Waals surface area contributed by atoms with Crippen molar-refractivity contribution >= 4 is 42.5 Å². The van der Waals surface area contributed by atoms with E-state index in [1.165, 1.54) is 19.5 Å². The summed E-state index contributed by atoms with van der Waals surface area (Å²) in [7, 11) is -3.88. The van der Waals surface area contributed by atoms with Crippen molar-refractivity contribution in [2.75, 3.05) is 18.6 Å². The maximum atomic E-state index is 12.6. The summed E-state index contributed by atoms with van der Waals surface area (Å²) in [4.78, 5) is 13.1. The summed E-state index contributed by atoms with van der Waals surface area (Å²) in [6.07, 6.45) is -3.67. The van der Waals surface area contributed by atoms with Crippen LogP contribution in [-0.4, -0.2) is 51.4 Å². The van der Waals surface area contributed by atoms with E-state index >= 15 is 0 Å². The molecule has 1 amide bonds. The van der Waals surface area contributed by atoms with Crippen molar-refractivity contribution in [2.24, 2.45) is 0 Å². The fourth-order valence-corrected chi connectivity index (χ4v) is 15.6. The summed E-state index contributed by atoms with van der Waals surface area (Å²) < 4.78 is 50.5. The first-order valence-electron chi connectivity index (χ1n) is 10.6. The summed E-state index contributed by atoms with van der Waals surface area (Å²) >= 11 is 0. The Morgan fingerprint density at radius 3 is 2.67 bits per heavy atom. The minimum atomic E-state index is -4.50. The van der Waals surface area contributed by atoms with Crippen molar-refractivity contribution in [1.82, 2.24) is 0 Å². The van der Waals surface area contributed by atoms with Gasteiger partial charge >= 0.3 is 14.7 Å². The molecule has 0 spiro atoms. The van der Waals surface area contributed by atoms with Gasteiger partial charge in [-0.15, -0.1) is 0 Å². The topological polar surface area (TPSA) is 38.8 Å².